The van der Waals surface area contributed by atoms with E-state index < -0.39 is 12.2 Å². The highest BCUT2D eigenvalue weighted by atomic mass is 16.5. The van der Waals surface area contributed by atoms with E-state index in [2.05, 4.69) is 10.6 Å². The van der Waals surface area contributed by atoms with E-state index in [9.17, 15) is 19.2 Å². The molecule has 0 aliphatic rings. The van der Waals surface area contributed by atoms with Crippen molar-refractivity contribution in [3.05, 3.63) is 130 Å². The number of Topliss-reactive ketones (excluding diaryl/α,β-unsaturated/α-hetero) is 2. The van der Waals surface area contributed by atoms with Gasteiger partial charge in [-0.15, -0.1) is 0 Å². The maximum atomic E-state index is 13.7. The third-order valence-electron chi connectivity index (χ3n) is 8.22. The zero-order valence-corrected chi connectivity index (χ0v) is 29.1. The maximum absolute atomic E-state index is 13.7. The second-order valence-electron chi connectivity index (χ2n) is 12.3. The number of carbonyl (C=O) groups excluding carboxylic acids is 4. The average molecular weight is 661 g/mol. The van der Waals surface area contributed by atoms with Crippen LogP contribution in [0.4, 0.5) is 11.4 Å². The van der Waals surface area contributed by atoms with Gasteiger partial charge in [-0.1, -0.05) is 88.4 Å². The first-order valence-electron chi connectivity index (χ1n) is 17.5. The molecule has 0 aliphatic carbocycles. The normalized spacial score (nSPS) is 12.2. The summed E-state index contributed by atoms with van der Waals surface area (Å²) in [5, 5.41) is 5.98. The molecule has 2 N–H and O–H groups in total. The Hall–Kier alpha value is -4.88. The fraction of sp³-hybridized carbons (Fsp3) is 0.333. The predicted molar refractivity (Wildman–Crippen MR) is 196 cm³/mol. The topological polar surface area (TPSA) is 102 Å². The van der Waals surface area contributed by atoms with Gasteiger partial charge in [-0.05, 0) is 84.3 Å². The van der Waals surface area contributed by atoms with E-state index in [1.807, 2.05) is 100 Å². The van der Waals surface area contributed by atoms with Gasteiger partial charge in [-0.2, -0.15) is 0 Å². The molecule has 2 amide bonds. The lowest BCUT2D eigenvalue weighted by Gasteiger charge is -2.29. The number of carbonyl (C=O) groups is 4. The summed E-state index contributed by atoms with van der Waals surface area (Å²) in [6.07, 6.45) is 2.69. The van der Waals surface area contributed by atoms with Crippen molar-refractivity contribution in [2.45, 2.75) is 91.3 Å². The highest BCUT2D eigenvalue weighted by molar-refractivity contribution is 6.00. The number of benzene rings is 4. The fourth-order valence-electron chi connectivity index (χ4n) is 5.90. The summed E-state index contributed by atoms with van der Waals surface area (Å²) in [4.78, 5) is 52.6. The van der Waals surface area contributed by atoms with Crippen LogP contribution in [0.3, 0.4) is 0 Å². The van der Waals surface area contributed by atoms with Crippen molar-refractivity contribution in [1.82, 2.24) is 0 Å². The van der Waals surface area contributed by atoms with Crippen LogP contribution in [0.2, 0.25) is 0 Å². The van der Waals surface area contributed by atoms with Crippen LogP contribution in [0.1, 0.15) is 134 Å². The Bertz CT molecular complexity index is 1590. The Morgan fingerprint density at radius 3 is 1.22 bits per heavy atom. The first kappa shape index (κ1) is 36.9. The van der Waals surface area contributed by atoms with E-state index in [1.165, 1.54) is 0 Å². The molecule has 0 saturated carbocycles. The van der Waals surface area contributed by atoms with E-state index >= 15 is 0 Å². The summed E-state index contributed by atoms with van der Waals surface area (Å²) in [5.74, 6) is -0.267. The second-order valence-corrected chi connectivity index (χ2v) is 12.3. The number of hydrogen-bond acceptors (Lipinski definition) is 5. The van der Waals surface area contributed by atoms with Gasteiger partial charge in [0.2, 0.25) is 11.8 Å². The Balaban J connectivity index is 1.96. The summed E-state index contributed by atoms with van der Waals surface area (Å²) >= 11 is 0. The fourth-order valence-corrected chi connectivity index (χ4v) is 5.90. The smallest absolute Gasteiger partial charge is 0.224 e. The molecule has 7 heteroatoms. The zero-order valence-electron chi connectivity index (χ0n) is 29.1. The largest absolute Gasteiger partial charge is 0.356 e. The minimum Gasteiger partial charge on any atom is -0.356 e. The van der Waals surface area contributed by atoms with Crippen molar-refractivity contribution in [2.75, 3.05) is 10.6 Å². The molecule has 0 bridgehead atoms. The first-order valence-corrected chi connectivity index (χ1v) is 17.5. The van der Waals surface area contributed by atoms with Gasteiger partial charge in [-0.25, -0.2) is 0 Å². The molecule has 7 nitrogen and oxygen atoms in total. The molecule has 2 atom stereocenters. The van der Waals surface area contributed by atoms with E-state index in [4.69, 9.17) is 4.74 Å². The number of hydrogen-bond donors (Lipinski definition) is 2. The molecule has 0 spiro atoms. The third-order valence-corrected chi connectivity index (χ3v) is 8.22. The summed E-state index contributed by atoms with van der Waals surface area (Å²) in [6, 6.07) is 30.1. The highest BCUT2D eigenvalue weighted by Crippen LogP contribution is 2.40. The van der Waals surface area contributed by atoms with Crippen LogP contribution in [0.5, 0.6) is 0 Å². The number of ketones is 2. The standard InChI is InChI=1S/C42H48N2O5/c1-5-15-37(45)33-25-23-31(43-39(47)17-7-3)27-35(33)41(29-19-11-9-12-20-29)49-42(30-21-13-10-14-22-30)36-28-32(44-40(48)18-8-4)24-26-34(36)38(46)16-6-2/h9-14,19-28,41-42H,5-8,15-18H2,1-4H3,(H,43,47)(H,44,48). The van der Waals surface area contributed by atoms with Crippen molar-refractivity contribution in [1.29, 1.82) is 0 Å². The van der Waals surface area contributed by atoms with Gasteiger partial charge in [0.05, 0.1) is 0 Å². The molecule has 4 rings (SSSR count). The van der Waals surface area contributed by atoms with Crippen LogP contribution in [0, 0.1) is 0 Å². The summed E-state index contributed by atoms with van der Waals surface area (Å²) < 4.78 is 7.22. The molecule has 0 radical (unpaired) electrons. The Labute approximate surface area is 290 Å². The summed E-state index contributed by atoms with van der Waals surface area (Å²) in [6.45, 7) is 7.83. The monoisotopic (exact) mass is 660 g/mol. The van der Waals surface area contributed by atoms with Crippen LogP contribution in [-0.2, 0) is 14.3 Å². The SMILES string of the molecule is CCCC(=O)Nc1ccc(C(=O)CCC)c(C(OC(c2ccccc2)c2cc(NC(=O)CCC)ccc2C(=O)CCC)c2ccccc2)c1. The minimum absolute atomic E-state index is 0.0239. The Kier molecular flexibility index (Phi) is 14.0. The number of amides is 2. The lowest BCUT2D eigenvalue weighted by atomic mass is 9.90. The highest BCUT2D eigenvalue weighted by Gasteiger charge is 2.30. The van der Waals surface area contributed by atoms with Crippen molar-refractivity contribution >= 4 is 34.8 Å². The molecule has 0 saturated heterocycles. The van der Waals surface area contributed by atoms with Gasteiger partial charge in [0, 0.05) is 48.2 Å². The molecule has 49 heavy (non-hydrogen) atoms. The van der Waals surface area contributed by atoms with Crippen molar-refractivity contribution in [3.8, 4) is 0 Å². The lowest BCUT2D eigenvalue weighted by molar-refractivity contribution is -0.117. The van der Waals surface area contributed by atoms with Crippen LogP contribution >= 0.6 is 0 Å². The lowest BCUT2D eigenvalue weighted by Crippen LogP contribution is -2.19. The van der Waals surface area contributed by atoms with Crippen LogP contribution in [-0.4, -0.2) is 23.4 Å². The molecule has 4 aromatic rings. The third kappa shape index (κ3) is 10.1. The van der Waals surface area contributed by atoms with Crippen molar-refractivity contribution in [2.24, 2.45) is 0 Å². The van der Waals surface area contributed by atoms with Gasteiger partial charge in [0.1, 0.15) is 12.2 Å². The molecule has 0 fully saturated rings. The maximum Gasteiger partial charge on any atom is 0.224 e. The number of rotatable bonds is 18. The van der Waals surface area contributed by atoms with E-state index in [1.54, 1.807) is 24.3 Å². The Morgan fingerprint density at radius 1 is 0.510 bits per heavy atom. The number of anilines is 2. The summed E-state index contributed by atoms with van der Waals surface area (Å²) in [7, 11) is 0. The number of ether oxygens (including phenoxy) is 1. The van der Waals surface area contributed by atoms with E-state index in [-0.39, 0.29) is 23.4 Å². The van der Waals surface area contributed by atoms with E-state index in [0.717, 1.165) is 11.1 Å². The van der Waals surface area contributed by atoms with Gasteiger partial charge in [0.15, 0.2) is 11.6 Å². The zero-order chi connectivity index (χ0) is 35.2. The van der Waals surface area contributed by atoms with Gasteiger partial charge < -0.3 is 15.4 Å². The minimum atomic E-state index is -0.766. The molecule has 4 aromatic carbocycles. The van der Waals surface area contributed by atoms with E-state index in [0.29, 0.717) is 85.0 Å². The van der Waals surface area contributed by atoms with Crippen LogP contribution < -0.4 is 10.6 Å². The molecule has 0 aromatic heterocycles. The molecule has 2 unspecified atom stereocenters. The molecular weight excluding hydrogens is 612 g/mol. The number of nitrogens with one attached hydrogen (secondary N) is 2. The first-order chi connectivity index (χ1) is 23.8. The van der Waals surface area contributed by atoms with Crippen molar-refractivity contribution in [3.63, 3.8) is 0 Å². The molecule has 256 valence electrons. The van der Waals surface area contributed by atoms with Gasteiger partial charge in [0.25, 0.3) is 0 Å². The van der Waals surface area contributed by atoms with Crippen LogP contribution in [0.15, 0.2) is 97.1 Å². The predicted octanol–water partition coefficient (Wildman–Crippen LogP) is 10.0. The average Bonchev–Trinajstić information content (AvgIpc) is 3.10. The van der Waals surface area contributed by atoms with Gasteiger partial charge in [-0.3, -0.25) is 19.2 Å². The Morgan fingerprint density at radius 2 is 0.878 bits per heavy atom. The quantitative estimate of drug-likeness (QED) is 0.103. The molecular formula is C42H48N2O5. The van der Waals surface area contributed by atoms with Crippen LogP contribution in [0.25, 0.3) is 0 Å². The van der Waals surface area contributed by atoms with Crippen molar-refractivity contribution < 1.29 is 23.9 Å². The summed E-state index contributed by atoms with van der Waals surface area (Å²) in [5.41, 5.74) is 5.02. The second kappa shape index (κ2) is 18.6. The molecule has 0 heterocycles. The van der Waals surface area contributed by atoms with Gasteiger partial charge >= 0.3 is 0 Å². The molecule has 0 aliphatic heterocycles.